The number of tetrazole rings is 1. The summed E-state index contributed by atoms with van der Waals surface area (Å²) >= 11 is 5.84. The van der Waals surface area contributed by atoms with Crippen molar-refractivity contribution in [3.63, 3.8) is 0 Å². The lowest BCUT2D eigenvalue weighted by Crippen LogP contribution is -2.33. The molecule has 106 valence electrons. The molecule has 1 aromatic carbocycles. The second-order valence-electron chi connectivity index (χ2n) is 4.26. The summed E-state index contributed by atoms with van der Waals surface area (Å²) in [6, 6.07) is 6.72. The number of nitrogens with zero attached hydrogens (tertiary/aromatic N) is 4. The Bertz CT molecular complexity index is 581. The number of carbonyl (C=O) groups is 1. The maximum Gasteiger partial charge on any atom is 0.246 e. The van der Waals surface area contributed by atoms with Gasteiger partial charge < -0.3 is 5.32 Å². The molecule has 1 aromatic heterocycles. The lowest BCUT2D eigenvalue weighted by atomic mass is 10.2. The quantitative estimate of drug-likeness (QED) is 0.916. The summed E-state index contributed by atoms with van der Waals surface area (Å²) in [5.41, 5.74) is 0.811. The average molecular weight is 294 g/mol. The zero-order valence-corrected chi connectivity index (χ0v) is 12.1. The first-order valence-corrected chi connectivity index (χ1v) is 6.86. The highest BCUT2D eigenvalue weighted by atomic mass is 35.5. The summed E-state index contributed by atoms with van der Waals surface area (Å²) in [6.07, 6.45) is 0.599. The van der Waals surface area contributed by atoms with E-state index in [0.717, 1.165) is 5.56 Å². The minimum Gasteiger partial charge on any atom is -0.354 e. The molecule has 0 radical (unpaired) electrons. The third-order valence-electron chi connectivity index (χ3n) is 2.85. The van der Waals surface area contributed by atoms with Crippen molar-refractivity contribution in [1.82, 2.24) is 25.5 Å². The van der Waals surface area contributed by atoms with Crippen LogP contribution in [-0.4, -0.2) is 32.7 Å². The van der Waals surface area contributed by atoms with Crippen LogP contribution in [0.5, 0.6) is 0 Å². The summed E-state index contributed by atoms with van der Waals surface area (Å²) in [5.74, 6) is 0.375. The monoisotopic (exact) mass is 293 g/mol. The van der Waals surface area contributed by atoms with Crippen molar-refractivity contribution in [2.24, 2.45) is 0 Å². The molecule has 7 heteroatoms. The number of likely N-dealkylation sites (N-methyl/N-ethyl adjacent to an activating group) is 1. The second-order valence-corrected chi connectivity index (χ2v) is 4.70. The summed E-state index contributed by atoms with van der Waals surface area (Å²) in [4.78, 5) is 13.3. The van der Waals surface area contributed by atoms with Gasteiger partial charge in [-0.1, -0.05) is 18.5 Å². The van der Waals surface area contributed by atoms with Gasteiger partial charge in [-0.25, -0.2) is 0 Å². The van der Waals surface area contributed by atoms with Gasteiger partial charge in [0.1, 0.15) is 0 Å². The fourth-order valence-corrected chi connectivity index (χ4v) is 1.94. The number of halogens is 1. The Morgan fingerprint density at radius 1 is 1.35 bits per heavy atom. The van der Waals surface area contributed by atoms with Crippen LogP contribution in [0.25, 0.3) is 11.4 Å². The number of rotatable bonds is 5. The Labute approximate surface area is 122 Å². The van der Waals surface area contributed by atoms with E-state index in [4.69, 9.17) is 11.6 Å². The first-order valence-electron chi connectivity index (χ1n) is 6.48. The molecule has 0 aliphatic carbocycles. The molecule has 0 bridgehead atoms. The van der Waals surface area contributed by atoms with Crippen molar-refractivity contribution in [3.8, 4) is 11.4 Å². The number of amides is 1. The molecule has 0 fully saturated rings. The molecule has 1 N–H and O–H groups in total. The van der Waals surface area contributed by atoms with Crippen LogP contribution in [0.3, 0.4) is 0 Å². The van der Waals surface area contributed by atoms with Crippen LogP contribution < -0.4 is 5.32 Å². The van der Waals surface area contributed by atoms with Crippen molar-refractivity contribution in [2.45, 2.75) is 26.3 Å². The molecule has 1 atom stereocenters. The minimum atomic E-state index is -0.441. The van der Waals surface area contributed by atoms with Gasteiger partial charge in [-0.15, -0.1) is 10.2 Å². The molecule has 2 rings (SSSR count). The van der Waals surface area contributed by atoms with Gasteiger partial charge in [-0.2, -0.15) is 4.80 Å². The zero-order valence-electron chi connectivity index (χ0n) is 11.4. The molecular weight excluding hydrogens is 278 g/mol. The van der Waals surface area contributed by atoms with E-state index in [1.54, 1.807) is 12.1 Å². The Morgan fingerprint density at radius 2 is 2.05 bits per heavy atom. The molecule has 1 heterocycles. The molecule has 20 heavy (non-hydrogen) atoms. The predicted octanol–water partition coefficient (Wildman–Crippen LogP) is 2.08. The van der Waals surface area contributed by atoms with Crippen molar-refractivity contribution in [2.75, 3.05) is 6.54 Å². The standard InChI is InChI=1S/C13H16ClN5O/c1-3-11(13(20)15-4-2)19-17-12(16-18-19)9-5-7-10(14)8-6-9/h5-8,11H,3-4H2,1-2H3,(H,15,20). The minimum absolute atomic E-state index is 0.102. The van der Waals surface area contributed by atoms with E-state index < -0.39 is 6.04 Å². The van der Waals surface area contributed by atoms with Gasteiger partial charge in [0.15, 0.2) is 6.04 Å². The molecular formula is C13H16ClN5O. The fourth-order valence-electron chi connectivity index (χ4n) is 1.82. The van der Waals surface area contributed by atoms with Crippen LogP contribution >= 0.6 is 11.6 Å². The van der Waals surface area contributed by atoms with Gasteiger partial charge >= 0.3 is 0 Å². The van der Waals surface area contributed by atoms with Crippen molar-refractivity contribution < 1.29 is 4.79 Å². The Kier molecular flexibility index (Phi) is 4.68. The predicted molar refractivity (Wildman–Crippen MR) is 76.3 cm³/mol. The smallest absolute Gasteiger partial charge is 0.246 e. The first kappa shape index (κ1) is 14.5. The third-order valence-corrected chi connectivity index (χ3v) is 3.10. The number of nitrogens with one attached hydrogen (secondary N) is 1. The maximum absolute atomic E-state index is 11.9. The van der Waals surface area contributed by atoms with Crippen LogP contribution in [0.2, 0.25) is 5.02 Å². The highest BCUT2D eigenvalue weighted by Crippen LogP contribution is 2.18. The van der Waals surface area contributed by atoms with E-state index in [1.165, 1.54) is 4.80 Å². The van der Waals surface area contributed by atoms with Crippen LogP contribution in [0, 0.1) is 0 Å². The highest BCUT2D eigenvalue weighted by molar-refractivity contribution is 6.30. The molecule has 0 saturated carbocycles. The van der Waals surface area contributed by atoms with Crippen LogP contribution in [0.4, 0.5) is 0 Å². The summed E-state index contributed by atoms with van der Waals surface area (Å²) < 4.78 is 0. The van der Waals surface area contributed by atoms with Gasteiger partial charge in [0.25, 0.3) is 0 Å². The molecule has 6 nitrogen and oxygen atoms in total. The summed E-state index contributed by atoms with van der Waals surface area (Å²) in [7, 11) is 0. The number of benzene rings is 1. The molecule has 0 aliphatic rings. The van der Waals surface area contributed by atoms with Crippen LogP contribution in [-0.2, 0) is 4.79 Å². The third kappa shape index (κ3) is 3.14. The van der Waals surface area contributed by atoms with Crippen LogP contribution in [0.15, 0.2) is 24.3 Å². The van der Waals surface area contributed by atoms with Crippen molar-refractivity contribution in [1.29, 1.82) is 0 Å². The van der Waals surface area contributed by atoms with Gasteiger partial charge in [-0.05, 0) is 42.8 Å². The SMILES string of the molecule is CCNC(=O)C(CC)n1nnc(-c2ccc(Cl)cc2)n1. The Morgan fingerprint density at radius 3 is 2.65 bits per heavy atom. The van der Waals surface area contributed by atoms with Gasteiger partial charge in [-0.3, -0.25) is 4.79 Å². The second kappa shape index (κ2) is 6.47. The molecule has 0 aliphatic heterocycles. The van der Waals surface area contributed by atoms with E-state index in [0.29, 0.717) is 23.8 Å². The van der Waals surface area contributed by atoms with E-state index >= 15 is 0 Å². The normalized spacial score (nSPS) is 12.2. The molecule has 0 spiro atoms. The number of hydrogen-bond donors (Lipinski definition) is 1. The summed E-state index contributed by atoms with van der Waals surface area (Å²) in [6.45, 7) is 4.36. The van der Waals surface area contributed by atoms with E-state index in [2.05, 4.69) is 20.7 Å². The van der Waals surface area contributed by atoms with Crippen LogP contribution in [0.1, 0.15) is 26.3 Å². The zero-order chi connectivity index (χ0) is 14.5. The van der Waals surface area contributed by atoms with Crippen molar-refractivity contribution in [3.05, 3.63) is 29.3 Å². The Balaban J connectivity index is 2.23. The maximum atomic E-state index is 11.9. The van der Waals surface area contributed by atoms with Crippen molar-refractivity contribution >= 4 is 17.5 Å². The topological polar surface area (TPSA) is 72.7 Å². The lowest BCUT2D eigenvalue weighted by molar-refractivity contribution is -0.124. The lowest BCUT2D eigenvalue weighted by Gasteiger charge is -2.12. The van der Waals surface area contributed by atoms with E-state index in [9.17, 15) is 4.79 Å². The Hall–Kier alpha value is -1.95. The number of hydrogen-bond acceptors (Lipinski definition) is 4. The fraction of sp³-hybridized carbons (Fsp3) is 0.385. The molecule has 0 saturated heterocycles. The highest BCUT2D eigenvalue weighted by Gasteiger charge is 2.21. The summed E-state index contributed by atoms with van der Waals surface area (Å²) in [5, 5.41) is 15.6. The van der Waals surface area contributed by atoms with E-state index in [-0.39, 0.29) is 5.91 Å². The first-order chi connectivity index (χ1) is 9.65. The largest absolute Gasteiger partial charge is 0.354 e. The number of aromatic nitrogens is 4. The molecule has 1 amide bonds. The van der Waals surface area contributed by atoms with Gasteiger partial charge in [0, 0.05) is 17.1 Å². The van der Waals surface area contributed by atoms with E-state index in [1.807, 2.05) is 26.0 Å². The average Bonchev–Trinajstić information content (AvgIpc) is 2.90. The molecule has 1 unspecified atom stereocenters. The molecule has 2 aromatic rings. The van der Waals surface area contributed by atoms with Gasteiger partial charge in [0.05, 0.1) is 0 Å². The number of carbonyl (C=O) groups excluding carboxylic acids is 1. The van der Waals surface area contributed by atoms with Gasteiger partial charge in [0.2, 0.25) is 11.7 Å².